The summed E-state index contributed by atoms with van der Waals surface area (Å²) in [4.78, 5) is 0. The number of benzene rings is 1. The number of ether oxygens (including phenoxy) is 1. The van der Waals surface area contributed by atoms with E-state index in [-0.39, 0.29) is 0 Å². The van der Waals surface area contributed by atoms with Gasteiger partial charge in [-0.05, 0) is 37.4 Å². The normalized spacial score (nSPS) is 24.8. The molecule has 1 aliphatic heterocycles. The maximum atomic E-state index is 5.94. The topological polar surface area (TPSA) is 21.3 Å². The third kappa shape index (κ3) is 2.94. The molecule has 2 aliphatic rings. The number of nitrogens with one attached hydrogen (secondary N) is 1. The maximum Gasteiger partial charge on any atom is 0.122 e. The van der Waals surface area contributed by atoms with E-state index in [1.807, 2.05) is 0 Å². The van der Waals surface area contributed by atoms with E-state index in [1.54, 1.807) is 0 Å². The van der Waals surface area contributed by atoms with E-state index in [1.165, 1.54) is 37.7 Å². The first-order chi connectivity index (χ1) is 9.36. The third-order valence-corrected chi connectivity index (χ3v) is 4.91. The molecule has 0 saturated heterocycles. The molecule has 0 aromatic heterocycles. The Balaban J connectivity index is 1.64. The predicted molar refractivity (Wildman–Crippen MR) is 78.6 cm³/mol. The molecule has 0 bridgehead atoms. The van der Waals surface area contributed by atoms with Gasteiger partial charge in [0.05, 0.1) is 6.61 Å². The molecule has 0 spiro atoms. The fourth-order valence-corrected chi connectivity index (χ4v) is 3.76. The van der Waals surface area contributed by atoms with Crippen molar-refractivity contribution in [3.63, 3.8) is 0 Å². The fourth-order valence-electron chi connectivity index (χ4n) is 3.76. The van der Waals surface area contributed by atoms with Gasteiger partial charge in [-0.3, -0.25) is 0 Å². The van der Waals surface area contributed by atoms with Crippen molar-refractivity contribution in [3.8, 4) is 5.75 Å². The van der Waals surface area contributed by atoms with Crippen LogP contribution in [0.5, 0.6) is 5.75 Å². The average molecular weight is 259 g/mol. The van der Waals surface area contributed by atoms with Crippen molar-refractivity contribution in [2.24, 2.45) is 11.8 Å². The Morgan fingerprint density at radius 2 is 2.05 bits per heavy atom. The lowest BCUT2D eigenvalue weighted by molar-refractivity contribution is 0.173. The van der Waals surface area contributed by atoms with Gasteiger partial charge in [0.25, 0.3) is 0 Å². The Labute approximate surface area is 116 Å². The van der Waals surface area contributed by atoms with Gasteiger partial charge in [0.2, 0.25) is 0 Å². The van der Waals surface area contributed by atoms with Gasteiger partial charge in [-0.25, -0.2) is 0 Å². The van der Waals surface area contributed by atoms with Gasteiger partial charge in [-0.2, -0.15) is 0 Å². The Kier molecular flexibility index (Phi) is 4.07. The zero-order valence-corrected chi connectivity index (χ0v) is 11.9. The van der Waals surface area contributed by atoms with Crippen LogP contribution >= 0.6 is 0 Å². The Hall–Kier alpha value is -1.02. The highest BCUT2D eigenvalue weighted by Crippen LogP contribution is 2.33. The highest BCUT2D eigenvalue weighted by atomic mass is 16.5. The van der Waals surface area contributed by atoms with Crippen molar-refractivity contribution < 1.29 is 4.74 Å². The molecule has 1 fully saturated rings. The lowest BCUT2D eigenvalue weighted by Crippen LogP contribution is -2.41. The molecule has 1 N–H and O–H groups in total. The summed E-state index contributed by atoms with van der Waals surface area (Å²) in [5, 5.41) is 3.55. The van der Waals surface area contributed by atoms with Crippen LogP contribution in [0.1, 0.15) is 37.7 Å². The van der Waals surface area contributed by atoms with Crippen LogP contribution in [0.25, 0.3) is 0 Å². The molecule has 2 nitrogen and oxygen atoms in total. The van der Waals surface area contributed by atoms with Crippen molar-refractivity contribution in [2.45, 2.75) is 44.6 Å². The van der Waals surface area contributed by atoms with E-state index >= 15 is 0 Å². The number of rotatable bonds is 4. The number of fused-ring (bicyclic) bond motifs is 1. The molecular weight excluding hydrogens is 234 g/mol. The summed E-state index contributed by atoms with van der Waals surface area (Å²) in [5.74, 6) is 2.66. The highest BCUT2D eigenvalue weighted by Gasteiger charge is 2.29. The molecule has 2 unspecified atom stereocenters. The van der Waals surface area contributed by atoms with Crippen molar-refractivity contribution >= 4 is 0 Å². The number of para-hydroxylation sites is 1. The SMILES string of the molecule is CNC(CC1CCCC1)C1COc2ccccc2C1. The molecular formula is C17H25NO. The fraction of sp³-hybridized carbons (Fsp3) is 0.647. The molecule has 2 heteroatoms. The zero-order valence-electron chi connectivity index (χ0n) is 11.9. The Morgan fingerprint density at radius 1 is 1.26 bits per heavy atom. The van der Waals surface area contributed by atoms with Crippen LogP contribution in [0.2, 0.25) is 0 Å². The van der Waals surface area contributed by atoms with Gasteiger partial charge in [0, 0.05) is 12.0 Å². The molecule has 3 rings (SSSR count). The minimum Gasteiger partial charge on any atom is -0.493 e. The molecule has 0 amide bonds. The summed E-state index contributed by atoms with van der Waals surface area (Å²) in [6.07, 6.45) is 8.22. The van der Waals surface area contributed by atoms with Crippen LogP contribution < -0.4 is 10.1 Å². The van der Waals surface area contributed by atoms with Gasteiger partial charge in [0.1, 0.15) is 5.75 Å². The van der Waals surface area contributed by atoms with Crippen LogP contribution in [-0.4, -0.2) is 19.7 Å². The second-order valence-corrected chi connectivity index (χ2v) is 6.16. The van der Waals surface area contributed by atoms with Crippen LogP contribution in [-0.2, 0) is 6.42 Å². The van der Waals surface area contributed by atoms with Gasteiger partial charge in [-0.1, -0.05) is 43.9 Å². The molecule has 2 atom stereocenters. The second-order valence-electron chi connectivity index (χ2n) is 6.16. The van der Waals surface area contributed by atoms with E-state index in [9.17, 15) is 0 Å². The summed E-state index contributed by atoms with van der Waals surface area (Å²) in [6, 6.07) is 9.10. The van der Waals surface area contributed by atoms with Crippen LogP contribution in [0.15, 0.2) is 24.3 Å². The second kappa shape index (κ2) is 5.96. The van der Waals surface area contributed by atoms with Crippen molar-refractivity contribution in [1.82, 2.24) is 5.32 Å². The standard InChI is InChI=1S/C17H25NO/c1-18-16(10-13-6-2-3-7-13)15-11-14-8-4-5-9-17(14)19-12-15/h4-5,8-9,13,15-16,18H,2-3,6-7,10-12H2,1H3. The summed E-state index contributed by atoms with van der Waals surface area (Å²) in [6.45, 7) is 0.870. The van der Waals surface area contributed by atoms with E-state index in [2.05, 4.69) is 36.6 Å². The summed E-state index contributed by atoms with van der Waals surface area (Å²) in [7, 11) is 2.11. The molecule has 0 radical (unpaired) electrons. The molecule has 1 aromatic carbocycles. The van der Waals surface area contributed by atoms with E-state index in [0.29, 0.717) is 12.0 Å². The van der Waals surface area contributed by atoms with Crippen molar-refractivity contribution in [3.05, 3.63) is 29.8 Å². The zero-order chi connectivity index (χ0) is 13.1. The van der Waals surface area contributed by atoms with Crippen LogP contribution in [0.3, 0.4) is 0 Å². The third-order valence-electron chi connectivity index (χ3n) is 4.91. The first-order valence-corrected chi connectivity index (χ1v) is 7.75. The van der Waals surface area contributed by atoms with Crippen LogP contribution in [0, 0.1) is 11.8 Å². The maximum absolute atomic E-state index is 5.94. The molecule has 1 saturated carbocycles. The lowest BCUT2D eigenvalue weighted by Gasteiger charge is -2.33. The van der Waals surface area contributed by atoms with Gasteiger partial charge in [-0.15, -0.1) is 0 Å². The monoisotopic (exact) mass is 259 g/mol. The highest BCUT2D eigenvalue weighted by molar-refractivity contribution is 5.35. The minimum atomic E-state index is 0.608. The Morgan fingerprint density at radius 3 is 2.84 bits per heavy atom. The molecule has 1 aliphatic carbocycles. The summed E-state index contributed by atoms with van der Waals surface area (Å²) >= 11 is 0. The molecule has 19 heavy (non-hydrogen) atoms. The number of hydrogen-bond donors (Lipinski definition) is 1. The first kappa shape index (κ1) is 13.0. The smallest absolute Gasteiger partial charge is 0.122 e. The van der Waals surface area contributed by atoms with E-state index in [0.717, 1.165) is 24.7 Å². The van der Waals surface area contributed by atoms with Gasteiger partial charge >= 0.3 is 0 Å². The molecule has 1 heterocycles. The predicted octanol–water partition coefficient (Wildman–Crippen LogP) is 3.41. The van der Waals surface area contributed by atoms with E-state index < -0.39 is 0 Å². The van der Waals surface area contributed by atoms with Gasteiger partial charge < -0.3 is 10.1 Å². The van der Waals surface area contributed by atoms with E-state index in [4.69, 9.17) is 4.74 Å². The van der Waals surface area contributed by atoms with Gasteiger partial charge in [0.15, 0.2) is 0 Å². The quantitative estimate of drug-likeness (QED) is 0.894. The molecule has 1 aromatic rings. The minimum absolute atomic E-state index is 0.608. The van der Waals surface area contributed by atoms with Crippen LogP contribution in [0.4, 0.5) is 0 Å². The largest absolute Gasteiger partial charge is 0.493 e. The summed E-state index contributed by atoms with van der Waals surface area (Å²) < 4.78 is 5.94. The summed E-state index contributed by atoms with van der Waals surface area (Å²) in [5.41, 5.74) is 1.38. The number of hydrogen-bond acceptors (Lipinski definition) is 2. The average Bonchev–Trinajstić information content (AvgIpc) is 2.97. The lowest BCUT2D eigenvalue weighted by atomic mass is 9.85. The first-order valence-electron chi connectivity index (χ1n) is 7.75. The molecule has 104 valence electrons. The van der Waals surface area contributed by atoms with Crippen molar-refractivity contribution in [2.75, 3.05) is 13.7 Å². The Bertz CT molecular complexity index is 411. The van der Waals surface area contributed by atoms with Crippen molar-refractivity contribution in [1.29, 1.82) is 0 Å².